The van der Waals surface area contributed by atoms with Gasteiger partial charge in [0.05, 0.1) is 34.8 Å². The molecule has 9 nitrogen and oxygen atoms in total. The molecule has 1 aliphatic heterocycles. The normalized spacial score (nSPS) is 15.5. The number of halogens is 2. The highest BCUT2D eigenvalue weighted by atomic mass is 35.5. The van der Waals surface area contributed by atoms with E-state index in [0.717, 1.165) is 5.56 Å². The summed E-state index contributed by atoms with van der Waals surface area (Å²) in [6.07, 6.45) is 1.98. The van der Waals surface area contributed by atoms with Crippen LogP contribution in [0.15, 0.2) is 54.0 Å². The largest absolute Gasteiger partial charge is 0.481 e. The van der Waals surface area contributed by atoms with Crippen molar-refractivity contribution in [2.45, 2.75) is 39.7 Å². The van der Waals surface area contributed by atoms with E-state index in [1.165, 1.54) is 24.2 Å². The zero-order valence-corrected chi connectivity index (χ0v) is 26.0. The van der Waals surface area contributed by atoms with Crippen LogP contribution in [-0.2, 0) is 9.59 Å². The molecule has 1 atom stereocenters. The summed E-state index contributed by atoms with van der Waals surface area (Å²) in [6.45, 7) is 12.8. The first kappa shape index (κ1) is 31.6. The first-order valence-corrected chi connectivity index (χ1v) is 14.3. The Bertz CT molecular complexity index is 1580. The summed E-state index contributed by atoms with van der Waals surface area (Å²) in [5.41, 5.74) is 2.74. The van der Waals surface area contributed by atoms with Gasteiger partial charge in [-0.25, -0.2) is 14.4 Å². The van der Waals surface area contributed by atoms with Crippen molar-refractivity contribution in [3.05, 3.63) is 76.7 Å². The minimum atomic E-state index is -0.501. The van der Waals surface area contributed by atoms with E-state index >= 15 is 4.39 Å². The molecule has 2 aromatic heterocycles. The van der Waals surface area contributed by atoms with Crippen molar-refractivity contribution >= 4 is 41.3 Å². The fraction of sp³-hybridized carbons (Fsp3) is 0.344. The van der Waals surface area contributed by atoms with E-state index in [1.807, 2.05) is 27.7 Å². The third kappa shape index (κ3) is 6.24. The number of carbonyl (C=O) groups excluding carboxylic acids is 2. The van der Waals surface area contributed by atoms with Crippen LogP contribution in [-0.4, -0.2) is 77.8 Å². The number of hydrogen-bond donors (Lipinski definition) is 0. The number of nitrogens with zero attached hydrogens (tertiary/aromatic N) is 6. The van der Waals surface area contributed by atoms with Crippen LogP contribution in [0.5, 0.6) is 5.88 Å². The summed E-state index contributed by atoms with van der Waals surface area (Å²) < 4.78 is 20.4. The standard InChI is InChI=1S/C32H36ClFN6O3/c1-8-27(42)38-13-14-39(21(5)17-38)31(35-6)23-16-24(33)29(22-11-9-10-12-25(22)34)37-32(23)40(18-41)30-20(4)15-26(43-7)36-28(30)19(2)3/h8-12,15-16,18-19,21H,1,13-14,17H2,2-7H3. The van der Waals surface area contributed by atoms with Gasteiger partial charge in [0, 0.05) is 44.4 Å². The lowest BCUT2D eigenvalue weighted by Gasteiger charge is -2.41. The number of amides is 2. The van der Waals surface area contributed by atoms with Crippen LogP contribution in [0.3, 0.4) is 0 Å². The number of ether oxygens (including phenoxy) is 1. The molecule has 4 rings (SSSR count). The maximum atomic E-state index is 15.0. The van der Waals surface area contributed by atoms with Crippen molar-refractivity contribution in [3.8, 4) is 17.1 Å². The second-order valence-electron chi connectivity index (χ2n) is 10.6. The predicted octanol–water partition coefficient (Wildman–Crippen LogP) is 5.77. The van der Waals surface area contributed by atoms with Gasteiger partial charge >= 0.3 is 0 Å². The van der Waals surface area contributed by atoms with Gasteiger partial charge in [0.15, 0.2) is 5.82 Å². The Labute approximate surface area is 256 Å². The number of aliphatic imine (C=N–C) groups is 1. The van der Waals surface area contributed by atoms with Crippen molar-refractivity contribution in [1.82, 2.24) is 19.8 Å². The highest BCUT2D eigenvalue weighted by Crippen LogP contribution is 2.40. The molecule has 0 radical (unpaired) electrons. The lowest BCUT2D eigenvalue weighted by atomic mass is 10.0. The van der Waals surface area contributed by atoms with E-state index in [9.17, 15) is 9.59 Å². The summed E-state index contributed by atoms with van der Waals surface area (Å²) in [5.74, 6) is 0.440. The molecule has 1 fully saturated rings. The second kappa shape index (κ2) is 13.3. The molecule has 0 N–H and O–H groups in total. The lowest BCUT2D eigenvalue weighted by Crippen LogP contribution is -2.55. The van der Waals surface area contributed by atoms with Crippen LogP contribution < -0.4 is 9.64 Å². The zero-order valence-electron chi connectivity index (χ0n) is 25.3. The number of anilines is 2. The zero-order chi connectivity index (χ0) is 31.4. The monoisotopic (exact) mass is 606 g/mol. The molecule has 11 heteroatoms. The minimum absolute atomic E-state index is 0.0807. The van der Waals surface area contributed by atoms with Crippen molar-refractivity contribution < 1.29 is 18.7 Å². The molecule has 1 saturated heterocycles. The first-order valence-electron chi connectivity index (χ1n) is 14.0. The van der Waals surface area contributed by atoms with Crippen molar-refractivity contribution in [2.75, 3.05) is 38.7 Å². The van der Waals surface area contributed by atoms with Gasteiger partial charge < -0.3 is 14.5 Å². The lowest BCUT2D eigenvalue weighted by molar-refractivity contribution is -0.128. The molecular formula is C32H36ClFN6O3. The van der Waals surface area contributed by atoms with Crippen LogP contribution >= 0.6 is 11.6 Å². The topological polar surface area (TPSA) is 91.2 Å². The quantitative estimate of drug-likeness (QED) is 0.140. The van der Waals surface area contributed by atoms with E-state index in [-0.39, 0.29) is 40.0 Å². The van der Waals surface area contributed by atoms with Gasteiger partial charge in [-0.15, -0.1) is 0 Å². The molecule has 0 aliphatic carbocycles. The van der Waals surface area contributed by atoms with Crippen LogP contribution in [0, 0.1) is 12.7 Å². The van der Waals surface area contributed by atoms with Crippen molar-refractivity contribution in [3.63, 3.8) is 0 Å². The fourth-order valence-corrected chi connectivity index (χ4v) is 5.62. The number of aromatic nitrogens is 2. The van der Waals surface area contributed by atoms with E-state index in [0.29, 0.717) is 54.7 Å². The number of piperazine rings is 1. The third-order valence-corrected chi connectivity index (χ3v) is 7.73. The Morgan fingerprint density at radius 2 is 1.98 bits per heavy atom. The van der Waals surface area contributed by atoms with Crippen molar-refractivity contribution in [2.24, 2.45) is 4.99 Å². The average molecular weight is 607 g/mol. The molecule has 43 heavy (non-hydrogen) atoms. The van der Waals surface area contributed by atoms with Gasteiger partial charge in [-0.1, -0.05) is 44.2 Å². The fourth-order valence-electron chi connectivity index (χ4n) is 5.36. The van der Waals surface area contributed by atoms with Gasteiger partial charge in [-0.2, -0.15) is 0 Å². The Morgan fingerprint density at radius 3 is 2.56 bits per heavy atom. The Balaban J connectivity index is 1.97. The molecule has 1 aliphatic rings. The SMILES string of the molecule is C=CC(=O)N1CCN(C(=NC)c2cc(Cl)c(-c3ccccc3F)nc2N(C=O)c2c(C)cc(OC)nc2C(C)C)C(C)C1. The molecule has 1 aromatic carbocycles. The van der Waals surface area contributed by atoms with E-state index in [1.54, 1.807) is 42.3 Å². The number of methoxy groups -OCH3 is 1. The third-order valence-electron chi connectivity index (χ3n) is 7.44. The molecular weight excluding hydrogens is 571 g/mol. The minimum Gasteiger partial charge on any atom is -0.481 e. The molecule has 2 amide bonds. The Hall–Kier alpha value is -4.31. The summed E-state index contributed by atoms with van der Waals surface area (Å²) in [5, 5.41) is 0.192. The van der Waals surface area contributed by atoms with Gasteiger partial charge in [-0.05, 0) is 49.6 Å². The predicted molar refractivity (Wildman–Crippen MR) is 168 cm³/mol. The van der Waals surface area contributed by atoms with Crippen LogP contribution in [0.2, 0.25) is 5.02 Å². The summed E-state index contributed by atoms with van der Waals surface area (Å²) in [7, 11) is 3.19. The summed E-state index contributed by atoms with van der Waals surface area (Å²) >= 11 is 6.81. The number of pyridine rings is 2. The van der Waals surface area contributed by atoms with Gasteiger partial charge in [0.1, 0.15) is 11.7 Å². The number of carbonyl (C=O) groups is 2. The van der Waals surface area contributed by atoms with Crippen LogP contribution in [0.1, 0.15) is 43.5 Å². The summed E-state index contributed by atoms with van der Waals surface area (Å²) in [4.78, 5) is 44.7. The van der Waals surface area contributed by atoms with Crippen molar-refractivity contribution in [1.29, 1.82) is 0 Å². The highest BCUT2D eigenvalue weighted by Gasteiger charge is 2.33. The molecule has 0 bridgehead atoms. The van der Waals surface area contributed by atoms with E-state index < -0.39 is 5.82 Å². The number of aryl methyl sites for hydroxylation is 1. The van der Waals surface area contributed by atoms with E-state index in [2.05, 4.69) is 21.5 Å². The number of benzene rings is 1. The molecule has 0 saturated carbocycles. The molecule has 1 unspecified atom stereocenters. The number of rotatable bonds is 8. The Kier molecular flexibility index (Phi) is 9.80. The maximum Gasteiger partial charge on any atom is 0.246 e. The Morgan fingerprint density at radius 1 is 1.26 bits per heavy atom. The molecule has 226 valence electrons. The first-order chi connectivity index (χ1) is 20.6. The maximum absolute atomic E-state index is 15.0. The average Bonchev–Trinajstić information content (AvgIpc) is 2.99. The second-order valence-corrected chi connectivity index (χ2v) is 11.0. The van der Waals surface area contributed by atoms with Gasteiger partial charge in [0.25, 0.3) is 0 Å². The summed E-state index contributed by atoms with van der Waals surface area (Å²) in [6, 6.07) is 9.48. The van der Waals surface area contributed by atoms with Crippen LogP contribution in [0.25, 0.3) is 11.3 Å². The van der Waals surface area contributed by atoms with E-state index in [4.69, 9.17) is 21.3 Å². The molecule has 3 heterocycles. The highest BCUT2D eigenvalue weighted by molar-refractivity contribution is 6.33. The van der Waals surface area contributed by atoms with Crippen LogP contribution in [0.4, 0.5) is 15.9 Å². The number of amidine groups is 1. The molecule has 3 aromatic rings. The smallest absolute Gasteiger partial charge is 0.246 e. The molecule has 0 spiro atoms. The van der Waals surface area contributed by atoms with Gasteiger partial charge in [-0.3, -0.25) is 19.5 Å². The number of hydrogen-bond acceptors (Lipinski definition) is 6. The van der Waals surface area contributed by atoms with Gasteiger partial charge in [0.2, 0.25) is 18.2 Å².